The highest BCUT2D eigenvalue weighted by atomic mass is 19.1. The summed E-state index contributed by atoms with van der Waals surface area (Å²) < 4.78 is 28.5. The highest BCUT2D eigenvalue weighted by molar-refractivity contribution is 5.99. The number of halogens is 2. The molecular weight excluding hydrogens is 422 g/mol. The van der Waals surface area contributed by atoms with Crippen LogP contribution in [0.1, 0.15) is 45.6 Å². The van der Waals surface area contributed by atoms with Gasteiger partial charge in [-0.2, -0.15) is 0 Å². The Morgan fingerprint density at radius 2 is 1.97 bits per heavy atom. The van der Waals surface area contributed by atoms with E-state index in [1.54, 1.807) is 19.3 Å². The van der Waals surface area contributed by atoms with Gasteiger partial charge in [-0.25, -0.2) is 8.78 Å². The number of nitrogens with zero attached hydrogens (tertiary/aromatic N) is 3. The summed E-state index contributed by atoms with van der Waals surface area (Å²) in [6, 6.07) is 5.87. The molecule has 0 saturated carbocycles. The van der Waals surface area contributed by atoms with E-state index in [0.717, 1.165) is 37.3 Å². The lowest BCUT2D eigenvalue weighted by Crippen LogP contribution is -2.46. The predicted molar refractivity (Wildman–Crippen MR) is 131 cm³/mol. The topological polar surface area (TPSA) is 92.6 Å². The number of aromatic nitrogens is 1. The number of pyridine rings is 1. The van der Waals surface area contributed by atoms with E-state index in [1.165, 1.54) is 18.2 Å². The Hall–Kier alpha value is -3.00. The van der Waals surface area contributed by atoms with Gasteiger partial charge in [-0.3, -0.25) is 9.98 Å². The lowest BCUT2D eigenvalue weighted by Gasteiger charge is -2.37. The number of anilines is 2. The van der Waals surface area contributed by atoms with Crippen LogP contribution in [0.4, 0.5) is 20.2 Å². The van der Waals surface area contributed by atoms with E-state index in [4.69, 9.17) is 11.5 Å². The fraction of sp³-hybridized carbons (Fsp3) is 0.440. The number of rotatable bonds is 8. The molecule has 0 amide bonds. The van der Waals surface area contributed by atoms with E-state index in [9.17, 15) is 8.78 Å². The summed E-state index contributed by atoms with van der Waals surface area (Å²) in [4.78, 5) is 11.1. The molecule has 2 heterocycles. The third-order valence-electron chi connectivity index (χ3n) is 5.79. The van der Waals surface area contributed by atoms with Gasteiger partial charge in [-0.15, -0.1) is 0 Å². The number of piperidine rings is 1. The summed E-state index contributed by atoms with van der Waals surface area (Å²) >= 11 is 0. The highest BCUT2D eigenvalue weighted by Crippen LogP contribution is 2.29. The molecule has 5 N–H and O–H groups in total. The average Bonchev–Trinajstić information content (AvgIpc) is 2.76. The van der Waals surface area contributed by atoms with E-state index < -0.39 is 11.6 Å². The van der Waals surface area contributed by atoms with Gasteiger partial charge in [0, 0.05) is 31.0 Å². The number of aliphatic imine (C=N–C) groups is 1. The van der Waals surface area contributed by atoms with Gasteiger partial charge in [-0.05, 0) is 43.9 Å². The van der Waals surface area contributed by atoms with Gasteiger partial charge in [0.25, 0.3) is 0 Å². The summed E-state index contributed by atoms with van der Waals surface area (Å²) in [6.45, 7) is 7.79. The Morgan fingerprint density at radius 3 is 2.64 bits per heavy atom. The second-order valence-electron chi connectivity index (χ2n) is 8.77. The first-order valence-electron chi connectivity index (χ1n) is 11.5. The first kappa shape index (κ1) is 24.6. The van der Waals surface area contributed by atoms with Crippen molar-refractivity contribution in [3.8, 4) is 0 Å². The minimum atomic E-state index is -0.650. The van der Waals surface area contributed by atoms with E-state index in [0.29, 0.717) is 30.3 Å². The Kier molecular flexibility index (Phi) is 8.38. The van der Waals surface area contributed by atoms with Crippen LogP contribution < -0.4 is 21.7 Å². The lowest BCUT2D eigenvalue weighted by molar-refractivity contribution is 0.402. The number of allylic oxidation sites excluding steroid dienone is 1. The predicted octanol–water partition coefficient (Wildman–Crippen LogP) is 4.42. The molecule has 1 saturated heterocycles. The van der Waals surface area contributed by atoms with Crippen LogP contribution in [0, 0.1) is 17.6 Å². The van der Waals surface area contributed by atoms with E-state index >= 15 is 0 Å². The van der Waals surface area contributed by atoms with Crippen molar-refractivity contribution in [1.82, 2.24) is 4.98 Å². The van der Waals surface area contributed by atoms with Gasteiger partial charge in [0.05, 0.1) is 41.1 Å². The largest absolute Gasteiger partial charge is 0.401 e. The van der Waals surface area contributed by atoms with Crippen molar-refractivity contribution in [2.24, 2.45) is 22.4 Å². The van der Waals surface area contributed by atoms with Gasteiger partial charge in [0.1, 0.15) is 11.6 Å². The first-order valence-corrected chi connectivity index (χ1v) is 11.5. The van der Waals surface area contributed by atoms with Gasteiger partial charge in [-0.1, -0.05) is 26.3 Å². The first-order chi connectivity index (χ1) is 15.8. The summed E-state index contributed by atoms with van der Waals surface area (Å²) in [5.74, 6) is -0.807. The molecule has 2 atom stereocenters. The molecule has 178 valence electrons. The zero-order chi connectivity index (χ0) is 24.0. The molecule has 2 unspecified atom stereocenters. The van der Waals surface area contributed by atoms with Crippen LogP contribution in [0.25, 0.3) is 0 Å². The summed E-state index contributed by atoms with van der Waals surface area (Å²) in [7, 11) is 0. The molecule has 1 aromatic carbocycles. The minimum absolute atomic E-state index is 0.119. The summed E-state index contributed by atoms with van der Waals surface area (Å²) in [5, 5.41) is 3.39. The van der Waals surface area contributed by atoms with Gasteiger partial charge in [0.2, 0.25) is 0 Å². The molecule has 1 aromatic heterocycles. The number of hydrogen-bond acceptors (Lipinski definition) is 6. The zero-order valence-corrected chi connectivity index (χ0v) is 19.6. The SMILES string of the molecule is CCC/C(N)=C(/CNc1cnccc1N1CC(C)CC(N)C1)N=C(C)c1c(F)cccc1F. The van der Waals surface area contributed by atoms with Gasteiger partial charge in [0.15, 0.2) is 0 Å². The number of nitrogens with two attached hydrogens (primary N) is 2. The summed E-state index contributed by atoms with van der Waals surface area (Å²) in [6.07, 6.45) is 5.99. The molecule has 6 nitrogen and oxygen atoms in total. The van der Waals surface area contributed by atoms with E-state index in [-0.39, 0.29) is 17.3 Å². The van der Waals surface area contributed by atoms with Crippen molar-refractivity contribution in [2.45, 2.75) is 46.1 Å². The Labute approximate surface area is 194 Å². The molecule has 8 heteroatoms. The smallest absolute Gasteiger partial charge is 0.135 e. The highest BCUT2D eigenvalue weighted by Gasteiger charge is 2.24. The van der Waals surface area contributed by atoms with Gasteiger partial charge >= 0.3 is 0 Å². The lowest BCUT2D eigenvalue weighted by atomic mass is 9.96. The molecule has 1 aliphatic rings. The van der Waals surface area contributed by atoms with Crippen LogP contribution in [0.5, 0.6) is 0 Å². The molecule has 33 heavy (non-hydrogen) atoms. The zero-order valence-electron chi connectivity index (χ0n) is 19.6. The molecular formula is C25H34F2N6. The molecule has 1 aliphatic heterocycles. The van der Waals surface area contributed by atoms with Crippen LogP contribution in [0.15, 0.2) is 53.0 Å². The molecule has 0 spiro atoms. The Morgan fingerprint density at radius 1 is 1.24 bits per heavy atom. The second-order valence-corrected chi connectivity index (χ2v) is 8.77. The Bertz CT molecular complexity index is 989. The monoisotopic (exact) mass is 456 g/mol. The van der Waals surface area contributed by atoms with Crippen LogP contribution >= 0.6 is 0 Å². The third kappa shape index (κ3) is 6.28. The fourth-order valence-corrected chi connectivity index (χ4v) is 4.31. The maximum Gasteiger partial charge on any atom is 0.135 e. The van der Waals surface area contributed by atoms with Crippen LogP contribution in [-0.2, 0) is 0 Å². The minimum Gasteiger partial charge on any atom is -0.401 e. The molecule has 0 aliphatic carbocycles. The third-order valence-corrected chi connectivity index (χ3v) is 5.79. The van der Waals surface area contributed by atoms with Crippen LogP contribution in [0.3, 0.4) is 0 Å². The van der Waals surface area contributed by atoms with Crippen molar-refractivity contribution < 1.29 is 8.78 Å². The number of hydrogen-bond donors (Lipinski definition) is 3. The quantitative estimate of drug-likeness (QED) is 0.511. The summed E-state index contributed by atoms with van der Waals surface area (Å²) in [5.41, 5.74) is 15.7. The maximum absolute atomic E-state index is 14.3. The van der Waals surface area contributed by atoms with Crippen molar-refractivity contribution in [3.63, 3.8) is 0 Å². The van der Waals surface area contributed by atoms with Gasteiger partial charge < -0.3 is 21.7 Å². The molecule has 0 bridgehead atoms. The van der Waals surface area contributed by atoms with Crippen molar-refractivity contribution in [3.05, 3.63) is 65.3 Å². The normalized spacial score (nSPS) is 19.9. The van der Waals surface area contributed by atoms with Crippen molar-refractivity contribution >= 4 is 17.1 Å². The van der Waals surface area contributed by atoms with Crippen LogP contribution in [-0.4, -0.2) is 36.4 Å². The molecule has 3 rings (SSSR count). The van der Waals surface area contributed by atoms with E-state index in [1.807, 2.05) is 13.0 Å². The van der Waals surface area contributed by atoms with Crippen LogP contribution in [0.2, 0.25) is 0 Å². The fourth-order valence-electron chi connectivity index (χ4n) is 4.31. The standard InChI is InChI=1S/C25H34F2N6/c1-4-6-21(29)22(32-17(3)25-19(26)7-5-8-20(25)27)13-31-23-12-30-10-9-24(23)33-14-16(2)11-18(28)15-33/h5,7-10,12,16,18,31H,4,6,11,13-15,28-29H2,1-3H3/b22-21+,32-17?. The van der Waals surface area contributed by atoms with E-state index in [2.05, 4.69) is 27.1 Å². The number of benzene rings is 1. The average molecular weight is 457 g/mol. The Balaban J connectivity index is 1.87. The maximum atomic E-state index is 14.3. The second kappa shape index (κ2) is 11.2. The van der Waals surface area contributed by atoms with Crippen molar-refractivity contribution in [2.75, 3.05) is 29.9 Å². The number of nitrogens with one attached hydrogen (secondary N) is 1. The molecule has 0 radical (unpaired) electrons. The molecule has 1 fully saturated rings. The molecule has 2 aromatic rings. The van der Waals surface area contributed by atoms with Crippen molar-refractivity contribution in [1.29, 1.82) is 0 Å².